The molecule has 294 valence electrons. The van der Waals surface area contributed by atoms with Crippen molar-refractivity contribution >= 4 is 12.3 Å². The summed E-state index contributed by atoms with van der Waals surface area (Å²) in [5, 5.41) is 67.9. The number of rotatable bonds is 9. The molecule has 6 N–H and O–H groups in total. The molecule has 0 spiro atoms. The number of hydrogen-bond acceptors (Lipinski definition) is 15. The van der Waals surface area contributed by atoms with E-state index in [9.17, 15) is 40.2 Å². The lowest BCUT2D eigenvalue weighted by atomic mass is 9.41. The molecule has 0 radical (unpaired) electrons. The minimum absolute atomic E-state index is 0.00220. The van der Waals surface area contributed by atoms with Crippen molar-refractivity contribution in [3.63, 3.8) is 0 Å². The topological polar surface area (TPSA) is 220 Å². The zero-order chi connectivity index (χ0) is 37.4. The molecular formula is C37H56O15. The van der Waals surface area contributed by atoms with Crippen molar-refractivity contribution in [3.8, 4) is 0 Å². The average Bonchev–Trinajstić information content (AvgIpc) is 3.67. The first-order valence-electron chi connectivity index (χ1n) is 18.8. The fraction of sp³-hybridized carbons (Fsp3) is 0.892. The molecule has 0 aromatic carbocycles. The predicted octanol–water partition coefficient (Wildman–Crippen LogP) is -0.118. The van der Waals surface area contributed by atoms with Crippen molar-refractivity contribution in [2.45, 2.75) is 150 Å². The van der Waals surface area contributed by atoms with E-state index in [2.05, 4.69) is 6.92 Å². The number of aliphatic hydroxyl groups excluding tert-OH is 4. The largest absolute Gasteiger partial charge is 0.458 e. The molecule has 0 amide bonds. The molecule has 7 aliphatic rings. The van der Waals surface area contributed by atoms with Gasteiger partial charge in [0.1, 0.15) is 55.6 Å². The smallest absolute Gasteiger partial charge is 0.331 e. The Morgan fingerprint density at radius 3 is 2.27 bits per heavy atom. The molecule has 15 nitrogen and oxygen atoms in total. The first kappa shape index (κ1) is 38.7. The quantitative estimate of drug-likeness (QED) is 0.103. The number of hydrogen-bond donors (Lipinski definition) is 6. The summed E-state index contributed by atoms with van der Waals surface area (Å²) in [5.74, 6) is -0.820. The molecular weight excluding hydrogens is 684 g/mol. The molecule has 0 aromatic heterocycles. The van der Waals surface area contributed by atoms with Crippen LogP contribution in [-0.2, 0) is 42.7 Å². The Morgan fingerprint density at radius 2 is 1.60 bits per heavy atom. The third kappa shape index (κ3) is 5.84. The zero-order valence-corrected chi connectivity index (χ0v) is 30.4. The second-order valence-corrected chi connectivity index (χ2v) is 16.7. The fourth-order valence-corrected chi connectivity index (χ4v) is 11.6. The van der Waals surface area contributed by atoms with Gasteiger partial charge in [-0.15, -0.1) is 0 Å². The molecule has 2 saturated heterocycles. The van der Waals surface area contributed by atoms with Gasteiger partial charge in [-0.05, 0) is 81.6 Å². The Hall–Kier alpha value is -1.60. The van der Waals surface area contributed by atoms with E-state index >= 15 is 0 Å². The van der Waals surface area contributed by atoms with E-state index in [4.69, 9.17) is 33.2 Å². The lowest BCUT2D eigenvalue weighted by Gasteiger charge is -2.65. The number of carbonyl (C=O) groups excluding carboxylic acids is 2. The van der Waals surface area contributed by atoms with Gasteiger partial charge in [0.15, 0.2) is 12.6 Å². The van der Waals surface area contributed by atoms with Gasteiger partial charge in [-0.1, -0.05) is 6.92 Å². The van der Waals surface area contributed by atoms with Crippen LogP contribution >= 0.6 is 0 Å². The van der Waals surface area contributed by atoms with Gasteiger partial charge in [0.05, 0.1) is 35.4 Å². The molecule has 6 fully saturated rings. The van der Waals surface area contributed by atoms with Gasteiger partial charge >= 0.3 is 5.97 Å². The molecule has 15 heteroatoms. The van der Waals surface area contributed by atoms with Crippen LogP contribution in [0, 0.1) is 28.6 Å². The molecule has 0 aromatic rings. The Bertz CT molecular complexity index is 1380. The average molecular weight is 741 g/mol. The first-order valence-corrected chi connectivity index (χ1v) is 18.8. The number of aliphatic hydroxyl groups is 6. The van der Waals surface area contributed by atoms with E-state index in [1.165, 1.54) is 14.2 Å². The minimum Gasteiger partial charge on any atom is -0.458 e. The summed E-state index contributed by atoms with van der Waals surface area (Å²) in [5.41, 5.74) is -3.20. The maximum atomic E-state index is 13.2. The van der Waals surface area contributed by atoms with Crippen LogP contribution in [0.1, 0.15) is 71.6 Å². The third-order valence-electron chi connectivity index (χ3n) is 14.6. The minimum atomic E-state index is -1.64. The van der Waals surface area contributed by atoms with Crippen LogP contribution in [-0.4, -0.2) is 149 Å². The van der Waals surface area contributed by atoms with Gasteiger partial charge in [-0.3, -0.25) is 0 Å². The molecule has 52 heavy (non-hydrogen) atoms. The van der Waals surface area contributed by atoms with Crippen molar-refractivity contribution in [1.29, 1.82) is 0 Å². The summed E-state index contributed by atoms with van der Waals surface area (Å²) in [4.78, 5) is 25.1. The van der Waals surface area contributed by atoms with Crippen molar-refractivity contribution in [2.75, 3.05) is 27.4 Å². The summed E-state index contributed by atoms with van der Waals surface area (Å²) in [6.45, 7) is 3.71. The van der Waals surface area contributed by atoms with E-state index < -0.39 is 89.5 Å². The lowest BCUT2D eigenvalue weighted by Crippen LogP contribution is -2.69. The van der Waals surface area contributed by atoms with Crippen LogP contribution in [0.25, 0.3) is 0 Å². The van der Waals surface area contributed by atoms with Gasteiger partial charge in [0.2, 0.25) is 0 Å². The van der Waals surface area contributed by atoms with Crippen molar-refractivity contribution in [2.24, 2.45) is 28.6 Å². The molecule has 3 aliphatic heterocycles. The number of methoxy groups -OCH3 is 2. The van der Waals surface area contributed by atoms with E-state index in [0.29, 0.717) is 38.5 Å². The molecule has 4 aliphatic carbocycles. The summed E-state index contributed by atoms with van der Waals surface area (Å²) >= 11 is 0. The Labute approximate surface area is 303 Å². The molecule has 0 unspecified atom stereocenters. The van der Waals surface area contributed by atoms with E-state index in [1.54, 1.807) is 13.0 Å². The Kier molecular flexibility index (Phi) is 10.5. The van der Waals surface area contributed by atoms with Gasteiger partial charge in [0, 0.05) is 32.1 Å². The first-order chi connectivity index (χ1) is 24.7. The molecule has 0 bridgehead atoms. The molecule has 7 rings (SSSR count). The number of fused-ring (bicyclic) bond motifs is 5. The second-order valence-electron chi connectivity index (χ2n) is 16.7. The fourth-order valence-electron chi connectivity index (χ4n) is 11.6. The molecule has 18 atom stereocenters. The summed E-state index contributed by atoms with van der Waals surface area (Å²) in [6, 6.07) is 0. The van der Waals surface area contributed by atoms with E-state index in [1.807, 2.05) is 0 Å². The highest BCUT2D eigenvalue weighted by molar-refractivity contribution is 5.85. The predicted molar refractivity (Wildman–Crippen MR) is 177 cm³/mol. The van der Waals surface area contributed by atoms with Crippen molar-refractivity contribution in [3.05, 3.63) is 11.6 Å². The normalized spacial score (nSPS) is 53.3. The number of carbonyl (C=O) groups is 2. The number of esters is 1. The SMILES string of the molecule is CO[C@@H]1[C@H](O)[C@H](C)O[C@@H](OC[C@@H]2O[C@H](O[C@H]3CC[C@@]4(C=O)[C@@H]5CC[C@@]6(C)[C@H](C7=CC(=O)OC7)CC[C@]6(O)[C@H]5CC[C@@]4(O)C3)[C@@H](O)[C@H](O)[C@H]2O)[C@@H]1OC. The van der Waals surface area contributed by atoms with Gasteiger partial charge in [-0.25, -0.2) is 4.79 Å². The van der Waals surface area contributed by atoms with Crippen LogP contribution < -0.4 is 0 Å². The van der Waals surface area contributed by atoms with E-state index in [-0.39, 0.29) is 49.8 Å². The summed E-state index contributed by atoms with van der Waals surface area (Å²) in [6.07, 6.45) is -5.65. The van der Waals surface area contributed by atoms with Gasteiger partial charge in [0.25, 0.3) is 0 Å². The van der Waals surface area contributed by atoms with Crippen LogP contribution in [0.2, 0.25) is 0 Å². The third-order valence-corrected chi connectivity index (χ3v) is 14.6. The summed E-state index contributed by atoms with van der Waals surface area (Å²) in [7, 11) is 2.86. The number of cyclic esters (lactones) is 1. The highest BCUT2D eigenvalue weighted by Gasteiger charge is 2.71. The van der Waals surface area contributed by atoms with Crippen LogP contribution in [0.3, 0.4) is 0 Å². The number of aldehydes is 1. The highest BCUT2D eigenvalue weighted by Crippen LogP contribution is 2.70. The molecule has 3 heterocycles. The lowest BCUT2D eigenvalue weighted by molar-refractivity contribution is -0.341. The standard InChI is InChI=1S/C37H56O15/c1-18-26(40)30(46-3)31(47-4)33(50-18)49-16-24-27(41)28(42)29(43)32(52-24)51-20-5-10-35(17-38)22-6-9-34(2)21(19-13-25(39)48-15-19)8-12-37(34,45)23(22)7-11-36(35,44)14-20/h13,17-18,20-24,26-33,40-45H,5-12,14-16H2,1-4H3/t18-,20-,21-,22+,23-,24-,26+,27-,28+,29-,30+,31+,32-,33+,34-,35+,36+,37-/m0/s1. The van der Waals surface area contributed by atoms with Gasteiger partial charge < -0.3 is 68.6 Å². The zero-order valence-electron chi connectivity index (χ0n) is 30.4. The monoisotopic (exact) mass is 740 g/mol. The van der Waals surface area contributed by atoms with E-state index in [0.717, 1.165) is 18.3 Å². The van der Waals surface area contributed by atoms with Crippen LogP contribution in [0.5, 0.6) is 0 Å². The molecule has 4 saturated carbocycles. The Morgan fingerprint density at radius 1 is 0.865 bits per heavy atom. The maximum Gasteiger partial charge on any atom is 0.331 e. The second kappa shape index (κ2) is 14.2. The summed E-state index contributed by atoms with van der Waals surface area (Å²) < 4.78 is 40.1. The van der Waals surface area contributed by atoms with Gasteiger partial charge in [-0.2, -0.15) is 0 Å². The highest BCUT2D eigenvalue weighted by atomic mass is 16.7. The van der Waals surface area contributed by atoms with Crippen LogP contribution in [0.4, 0.5) is 0 Å². The van der Waals surface area contributed by atoms with Crippen LogP contribution in [0.15, 0.2) is 11.6 Å². The number of ether oxygens (including phenoxy) is 7. The van der Waals surface area contributed by atoms with Crippen molar-refractivity contribution < 1.29 is 73.4 Å². The van der Waals surface area contributed by atoms with Crippen molar-refractivity contribution in [1.82, 2.24) is 0 Å². The Balaban J connectivity index is 1.03. The maximum absolute atomic E-state index is 13.2.